The molecule has 1 heterocycles. The molecule has 1 aliphatic heterocycles. The monoisotopic (exact) mass is 242 g/mol. The van der Waals surface area contributed by atoms with E-state index in [1.54, 1.807) is 0 Å². The van der Waals surface area contributed by atoms with Crippen LogP contribution in [0, 0.1) is 16.7 Å². The second-order valence-electron chi connectivity index (χ2n) is 6.06. The maximum atomic E-state index is 9.12. The molecule has 1 saturated heterocycles. The van der Waals surface area contributed by atoms with Crippen LogP contribution in [0.2, 0.25) is 0 Å². The molecule has 1 aromatic carbocycles. The van der Waals surface area contributed by atoms with E-state index in [2.05, 4.69) is 30.9 Å². The molecule has 2 heteroatoms. The van der Waals surface area contributed by atoms with Crippen LogP contribution in [0.25, 0.3) is 0 Å². The van der Waals surface area contributed by atoms with E-state index in [0.29, 0.717) is 5.41 Å². The Bertz CT molecular complexity index is 443. The van der Waals surface area contributed by atoms with Gasteiger partial charge in [0.05, 0.1) is 11.6 Å². The Morgan fingerprint density at radius 2 is 2.00 bits per heavy atom. The second-order valence-corrected chi connectivity index (χ2v) is 6.06. The number of hydrogen-bond donors (Lipinski definition) is 0. The predicted octanol–water partition coefficient (Wildman–Crippen LogP) is 3.57. The molecule has 0 atom stereocenters. The molecule has 96 valence electrons. The van der Waals surface area contributed by atoms with Gasteiger partial charge in [0, 0.05) is 6.54 Å². The summed E-state index contributed by atoms with van der Waals surface area (Å²) in [6, 6.07) is 10.2. The summed E-state index contributed by atoms with van der Waals surface area (Å²) in [6.45, 7) is 7.94. The average Bonchev–Trinajstić information content (AvgIpc) is 2.52. The van der Waals surface area contributed by atoms with E-state index < -0.39 is 0 Å². The zero-order chi connectivity index (χ0) is 13.0. The van der Waals surface area contributed by atoms with Crippen molar-refractivity contribution in [3.05, 3.63) is 35.4 Å². The molecule has 0 saturated carbocycles. The van der Waals surface area contributed by atoms with Crippen molar-refractivity contribution in [3.63, 3.8) is 0 Å². The first-order valence-corrected chi connectivity index (χ1v) is 6.81. The quantitative estimate of drug-likeness (QED) is 0.792. The molecule has 0 unspecified atom stereocenters. The van der Waals surface area contributed by atoms with Gasteiger partial charge in [0.25, 0.3) is 0 Å². The summed E-state index contributed by atoms with van der Waals surface area (Å²) in [6.07, 6.45) is 3.83. The highest BCUT2D eigenvalue weighted by Gasteiger charge is 2.23. The summed E-state index contributed by atoms with van der Waals surface area (Å²) in [4.78, 5) is 2.49. The molecule has 1 aromatic rings. The van der Waals surface area contributed by atoms with Gasteiger partial charge < -0.3 is 0 Å². The Morgan fingerprint density at radius 3 is 2.78 bits per heavy atom. The standard InChI is InChI=1S/C16H22N2/c1-16(2)8-5-10-18(11-9-16)13-15-7-4-3-6-14(15)12-17/h3-4,6-7H,5,8-11,13H2,1-2H3. The molecule has 0 spiro atoms. The van der Waals surface area contributed by atoms with E-state index in [-0.39, 0.29) is 0 Å². The molecular weight excluding hydrogens is 220 g/mol. The molecule has 2 nitrogen and oxygen atoms in total. The molecule has 0 N–H and O–H groups in total. The number of benzene rings is 1. The van der Waals surface area contributed by atoms with Gasteiger partial charge in [-0.1, -0.05) is 32.0 Å². The molecular formula is C16H22N2. The first-order chi connectivity index (χ1) is 8.61. The van der Waals surface area contributed by atoms with Crippen molar-refractivity contribution < 1.29 is 0 Å². The Kier molecular flexibility index (Phi) is 4.04. The number of nitriles is 1. The van der Waals surface area contributed by atoms with Crippen molar-refractivity contribution >= 4 is 0 Å². The fourth-order valence-electron chi connectivity index (χ4n) is 2.65. The van der Waals surface area contributed by atoms with E-state index in [0.717, 1.165) is 25.2 Å². The molecule has 1 aliphatic rings. The van der Waals surface area contributed by atoms with Crippen molar-refractivity contribution in [2.45, 2.75) is 39.7 Å². The molecule has 1 fully saturated rings. The molecule has 0 aromatic heterocycles. The first-order valence-electron chi connectivity index (χ1n) is 6.81. The maximum absolute atomic E-state index is 9.12. The zero-order valence-corrected chi connectivity index (χ0v) is 11.4. The molecule has 0 bridgehead atoms. The minimum Gasteiger partial charge on any atom is -0.299 e. The fourth-order valence-corrected chi connectivity index (χ4v) is 2.65. The Hall–Kier alpha value is -1.33. The molecule has 0 radical (unpaired) electrons. The van der Waals surface area contributed by atoms with Gasteiger partial charge in [-0.05, 0) is 49.4 Å². The van der Waals surface area contributed by atoms with Crippen molar-refractivity contribution in [1.82, 2.24) is 4.90 Å². The van der Waals surface area contributed by atoms with Crippen molar-refractivity contribution in [3.8, 4) is 6.07 Å². The highest BCUT2D eigenvalue weighted by atomic mass is 15.1. The Labute approximate surface area is 110 Å². The van der Waals surface area contributed by atoms with Gasteiger partial charge in [-0.15, -0.1) is 0 Å². The van der Waals surface area contributed by atoms with Crippen molar-refractivity contribution in [2.24, 2.45) is 5.41 Å². The van der Waals surface area contributed by atoms with Crippen LogP contribution in [-0.2, 0) is 6.54 Å². The van der Waals surface area contributed by atoms with Crippen LogP contribution in [0.1, 0.15) is 44.2 Å². The van der Waals surface area contributed by atoms with Gasteiger partial charge >= 0.3 is 0 Å². The van der Waals surface area contributed by atoms with Crippen LogP contribution in [0.5, 0.6) is 0 Å². The van der Waals surface area contributed by atoms with Gasteiger partial charge in [-0.3, -0.25) is 4.90 Å². The largest absolute Gasteiger partial charge is 0.299 e. The van der Waals surface area contributed by atoms with E-state index in [1.165, 1.54) is 24.8 Å². The van der Waals surface area contributed by atoms with E-state index in [9.17, 15) is 0 Å². The highest BCUT2D eigenvalue weighted by molar-refractivity contribution is 5.37. The van der Waals surface area contributed by atoms with Crippen LogP contribution in [0.3, 0.4) is 0 Å². The van der Waals surface area contributed by atoms with Crippen LogP contribution in [-0.4, -0.2) is 18.0 Å². The van der Waals surface area contributed by atoms with E-state index >= 15 is 0 Å². The molecule has 0 aliphatic carbocycles. The predicted molar refractivity (Wildman–Crippen MR) is 74.1 cm³/mol. The lowest BCUT2D eigenvalue weighted by Crippen LogP contribution is -2.25. The lowest BCUT2D eigenvalue weighted by Gasteiger charge is -2.23. The number of hydrogen-bond acceptors (Lipinski definition) is 2. The molecule has 2 rings (SSSR count). The average molecular weight is 242 g/mol. The minimum absolute atomic E-state index is 0.476. The number of rotatable bonds is 2. The zero-order valence-electron chi connectivity index (χ0n) is 11.4. The van der Waals surface area contributed by atoms with Crippen LogP contribution in [0.4, 0.5) is 0 Å². The molecule has 18 heavy (non-hydrogen) atoms. The van der Waals surface area contributed by atoms with Crippen molar-refractivity contribution in [2.75, 3.05) is 13.1 Å². The summed E-state index contributed by atoms with van der Waals surface area (Å²) in [5.74, 6) is 0. The van der Waals surface area contributed by atoms with Crippen LogP contribution >= 0.6 is 0 Å². The fraction of sp³-hybridized carbons (Fsp3) is 0.562. The lowest BCUT2D eigenvalue weighted by molar-refractivity contribution is 0.255. The summed E-state index contributed by atoms with van der Waals surface area (Å²) >= 11 is 0. The maximum Gasteiger partial charge on any atom is 0.0995 e. The summed E-state index contributed by atoms with van der Waals surface area (Å²) in [7, 11) is 0. The lowest BCUT2D eigenvalue weighted by atomic mass is 9.85. The van der Waals surface area contributed by atoms with Gasteiger partial charge in [0.2, 0.25) is 0 Å². The molecule has 0 amide bonds. The summed E-state index contributed by atoms with van der Waals surface area (Å²) < 4.78 is 0. The first kappa shape index (κ1) is 13.1. The Morgan fingerprint density at radius 1 is 1.22 bits per heavy atom. The SMILES string of the molecule is CC1(C)CCCN(Cc2ccccc2C#N)CC1. The number of likely N-dealkylation sites (tertiary alicyclic amines) is 1. The van der Waals surface area contributed by atoms with Gasteiger partial charge in [-0.25, -0.2) is 0 Å². The van der Waals surface area contributed by atoms with Gasteiger partial charge in [-0.2, -0.15) is 5.26 Å². The third kappa shape index (κ3) is 3.34. The van der Waals surface area contributed by atoms with Crippen LogP contribution < -0.4 is 0 Å². The normalized spacial score (nSPS) is 20.1. The smallest absolute Gasteiger partial charge is 0.0995 e. The third-order valence-corrected chi connectivity index (χ3v) is 3.96. The van der Waals surface area contributed by atoms with Crippen molar-refractivity contribution in [1.29, 1.82) is 5.26 Å². The van der Waals surface area contributed by atoms with E-state index in [1.807, 2.05) is 18.2 Å². The highest BCUT2D eigenvalue weighted by Crippen LogP contribution is 2.30. The number of nitrogens with zero attached hydrogens (tertiary/aromatic N) is 2. The second kappa shape index (κ2) is 5.54. The topological polar surface area (TPSA) is 27.0 Å². The van der Waals surface area contributed by atoms with Crippen LogP contribution in [0.15, 0.2) is 24.3 Å². The van der Waals surface area contributed by atoms with Gasteiger partial charge in [0.15, 0.2) is 0 Å². The van der Waals surface area contributed by atoms with Gasteiger partial charge in [0.1, 0.15) is 0 Å². The summed E-state index contributed by atoms with van der Waals surface area (Å²) in [5, 5.41) is 9.12. The third-order valence-electron chi connectivity index (χ3n) is 3.96. The Balaban J connectivity index is 2.04. The summed E-state index contributed by atoms with van der Waals surface area (Å²) in [5.41, 5.74) is 2.46. The van der Waals surface area contributed by atoms with E-state index in [4.69, 9.17) is 5.26 Å². The minimum atomic E-state index is 0.476.